The van der Waals surface area contributed by atoms with Crippen molar-refractivity contribution in [3.05, 3.63) is 29.8 Å². The van der Waals surface area contributed by atoms with Crippen LogP contribution in [-0.2, 0) is 26.0 Å². The Morgan fingerprint density at radius 2 is 1.89 bits per heavy atom. The van der Waals surface area contributed by atoms with Crippen molar-refractivity contribution >= 4 is 15.9 Å². The Balaban J connectivity index is 1.45. The Morgan fingerprint density at radius 1 is 1.25 bits per heavy atom. The van der Waals surface area contributed by atoms with Gasteiger partial charge < -0.3 is 10.1 Å². The summed E-state index contributed by atoms with van der Waals surface area (Å²) in [7, 11) is -1.36. The summed E-state index contributed by atoms with van der Waals surface area (Å²) < 4.78 is 31.9. The van der Waals surface area contributed by atoms with Gasteiger partial charge in [-0.2, -0.15) is 4.31 Å². The minimum Gasteiger partial charge on any atom is -0.379 e. The highest BCUT2D eigenvalue weighted by atomic mass is 32.2. The number of aryl methyl sites for hydroxylation is 1. The van der Waals surface area contributed by atoms with Crippen molar-refractivity contribution in [3.8, 4) is 0 Å². The minimum atomic E-state index is -3.47. The molecule has 1 aromatic rings. The summed E-state index contributed by atoms with van der Waals surface area (Å²) in [6.45, 7) is 4.43. The number of ether oxygens (including phenoxy) is 1. The SMILES string of the molecule is CC(CNC(=O)CCc1ccc(S(=O)(=O)N2CCOCC2)cc1)N(C)C1CC1. The van der Waals surface area contributed by atoms with Gasteiger partial charge in [0.1, 0.15) is 0 Å². The molecule has 2 fully saturated rings. The number of carbonyl (C=O) groups is 1. The summed E-state index contributed by atoms with van der Waals surface area (Å²) in [5, 5.41) is 3.00. The first-order valence-corrected chi connectivity index (χ1v) is 11.5. The predicted octanol–water partition coefficient (Wildman–Crippen LogP) is 1.24. The Labute approximate surface area is 168 Å². The summed E-state index contributed by atoms with van der Waals surface area (Å²) in [5.41, 5.74) is 0.958. The van der Waals surface area contributed by atoms with Gasteiger partial charge in [0, 0.05) is 38.1 Å². The molecule has 0 spiro atoms. The standard InChI is InChI=1S/C20H31N3O4S/c1-16(22(2)18-6-7-18)15-21-20(24)10-5-17-3-8-19(9-4-17)28(25,26)23-11-13-27-14-12-23/h3-4,8-9,16,18H,5-7,10-15H2,1-2H3,(H,21,24). The largest absolute Gasteiger partial charge is 0.379 e. The molecule has 156 valence electrons. The van der Waals surface area contributed by atoms with E-state index in [0.717, 1.165) is 5.56 Å². The fourth-order valence-corrected chi connectivity index (χ4v) is 4.77. The summed E-state index contributed by atoms with van der Waals surface area (Å²) >= 11 is 0. The number of likely N-dealkylation sites (N-methyl/N-ethyl adjacent to an activating group) is 1. The van der Waals surface area contributed by atoms with E-state index < -0.39 is 10.0 Å². The van der Waals surface area contributed by atoms with Gasteiger partial charge in [-0.15, -0.1) is 0 Å². The molecule has 1 saturated heterocycles. The van der Waals surface area contributed by atoms with Crippen LogP contribution in [0.15, 0.2) is 29.2 Å². The monoisotopic (exact) mass is 409 g/mol. The number of sulfonamides is 1. The number of amides is 1. The molecular formula is C20H31N3O4S. The average Bonchev–Trinajstić information content (AvgIpc) is 3.56. The molecule has 0 bridgehead atoms. The van der Waals surface area contributed by atoms with Gasteiger partial charge >= 0.3 is 0 Å². The van der Waals surface area contributed by atoms with Crippen LogP contribution in [0.4, 0.5) is 0 Å². The van der Waals surface area contributed by atoms with E-state index in [1.54, 1.807) is 24.3 Å². The lowest BCUT2D eigenvalue weighted by Crippen LogP contribution is -2.41. The minimum absolute atomic E-state index is 0.0288. The van der Waals surface area contributed by atoms with Gasteiger partial charge in [-0.25, -0.2) is 8.42 Å². The van der Waals surface area contributed by atoms with Crippen molar-refractivity contribution in [2.45, 2.75) is 49.6 Å². The summed E-state index contributed by atoms with van der Waals surface area (Å²) in [6.07, 6.45) is 3.50. The van der Waals surface area contributed by atoms with Crippen LogP contribution in [0.25, 0.3) is 0 Å². The second-order valence-corrected chi connectivity index (χ2v) is 9.65. The Hall–Kier alpha value is -1.48. The van der Waals surface area contributed by atoms with Crippen LogP contribution < -0.4 is 5.32 Å². The third-order valence-corrected chi connectivity index (χ3v) is 7.50. The average molecular weight is 410 g/mol. The summed E-state index contributed by atoms with van der Waals surface area (Å²) in [5.74, 6) is 0.0288. The molecular weight excluding hydrogens is 378 g/mol. The highest BCUT2D eigenvalue weighted by Crippen LogP contribution is 2.26. The molecule has 1 aliphatic carbocycles. The highest BCUT2D eigenvalue weighted by molar-refractivity contribution is 7.89. The van der Waals surface area contributed by atoms with E-state index in [1.165, 1.54) is 17.1 Å². The fraction of sp³-hybridized carbons (Fsp3) is 0.650. The molecule has 8 heteroatoms. The van der Waals surface area contributed by atoms with Crippen molar-refractivity contribution < 1.29 is 17.9 Å². The van der Waals surface area contributed by atoms with E-state index in [9.17, 15) is 13.2 Å². The molecule has 3 rings (SSSR count). The van der Waals surface area contributed by atoms with Gasteiger partial charge in [0.15, 0.2) is 0 Å². The van der Waals surface area contributed by atoms with Crippen molar-refractivity contribution in [2.75, 3.05) is 39.9 Å². The number of morpholine rings is 1. The zero-order valence-electron chi connectivity index (χ0n) is 16.8. The maximum Gasteiger partial charge on any atom is 0.243 e. The molecule has 2 aliphatic rings. The number of rotatable bonds is 9. The smallest absolute Gasteiger partial charge is 0.243 e. The van der Waals surface area contributed by atoms with Crippen molar-refractivity contribution in [1.29, 1.82) is 0 Å². The fourth-order valence-electron chi connectivity index (χ4n) is 3.36. The second-order valence-electron chi connectivity index (χ2n) is 7.71. The van der Waals surface area contributed by atoms with Gasteiger partial charge in [0.05, 0.1) is 18.1 Å². The van der Waals surface area contributed by atoms with Gasteiger partial charge in [0.2, 0.25) is 15.9 Å². The number of hydrogen-bond donors (Lipinski definition) is 1. The molecule has 0 radical (unpaired) electrons. The zero-order valence-corrected chi connectivity index (χ0v) is 17.6. The highest BCUT2D eigenvalue weighted by Gasteiger charge is 2.29. The second kappa shape index (κ2) is 9.35. The third kappa shape index (κ3) is 5.53. The van der Waals surface area contributed by atoms with E-state index in [-0.39, 0.29) is 5.91 Å². The lowest BCUT2D eigenvalue weighted by Gasteiger charge is -2.26. The first-order chi connectivity index (χ1) is 13.4. The van der Waals surface area contributed by atoms with E-state index >= 15 is 0 Å². The van der Waals surface area contributed by atoms with Crippen LogP contribution in [0.5, 0.6) is 0 Å². The van der Waals surface area contributed by atoms with Crippen molar-refractivity contribution in [3.63, 3.8) is 0 Å². The van der Waals surface area contributed by atoms with Gasteiger partial charge in [0.25, 0.3) is 0 Å². The van der Waals surface area contributed by atoms with Crippen LogP contribution in [0.3, 0.4) is 0 Å². The molecule has 0 aromatic heterocycles. The Kier molecular flexibility index (Phi) is 7.09. The molecule has 1 N–H and O–H groups in total. The topological polar surface area (TPSA) is 79.0 Å². The van der Waals surface area contributed by atoms with Crippen LogP contribution in [0, 0.1) is 0 Å². The van der Waals surface area contributed by atoms with Crippen LogP contribution in [0.2, 0.25) is 0 Å². The molecule has 7 nitrogen and oxygen atoms in total. The van der Waals surface area contributed by atoms with Crippen LogP contribution in [0.1, 0.15) is 31.7 Å². The normalized spacial score (nSPS) is 19.5. The molecule has 1 unspecified atom stereocenters. The van der Waals surface area contributed by atoms with Crippen molar-refractivity contribution in [2.24, 2.45) is 0 Å². The van der Waals surface area contributed by atoms with E-state index in [1.807, 2.05) is 0 Å². The molecule has 1 aliphatic heterocycles. The lowest BCUT2D eigenvalue weighted by molar-refractivity contribution is -0.121. The first-order valence-electron chi connectivity index (χ1n) is 10.0. The van der Waals surface area contributed by atoms with Crippen LogP contribution >= 0.6 is 0 Å². The Morgan fingerprint density at radius 3 is 2.50 bits per heavy atom. The summed E-state index contributed by atoms with van der Waals surface area (Å²) in [4.78, 5) is 14.7. The van der Waals surface area contributed by atoms with Gasteiger partial charge in [-0.3, -0.25) is 9.69 Å². The molecule has 1 saturated carbocycles. The predicted molar refractivity (Wildman–Crippen MR) is 108 cm³/mol. The Bertz CT molecular complexity index is 756. The molecule has 1 amide bonds. The van der Waals surface area contributed by atoms with E-state index in [2.05, 4.69) is 24.2 Å². The van der Waals surface area contributed by atoms with Crippen molar-refractivity contribution in [1.82, 2.24) is 14.5 Å². The maximum absolute atomic E-state index is 12.6. The first kappa shape index (κ1) is 21.2. The molecule has 1 aromatic carbocycles. The quantitative estimate of drug-likeness (QED) is 0.664. The number of nitrogens with one attached hydrogen (secondary N) is 1. The van der Waals surface area contributed by atoms with Gasteiger partial charge in [-0.05, 0) is 50.9 Å². The zero-order chi connectivity index (χ0) is 20.1. The summed E-state index contributed by atoms with van der Waals surface area (Å²) in [6, 6.07) is 7.86. The number of carbonyl (C=O) groups excluding carboxylic acids is 1. The number of hydrogen-bond acceptors (Lipinski definition) is 5. The molecule has 28 heavy (non-hydrogen) atoms. The van der Waals surface area contributed by atoms with Gasteiger partial charge in [-0.1, -0.05) is 12.1 Å². The van der Waals surface area contributed by atoms with E-state index in [4.69, 9.17) is 4.74 Å². The third-order valence-electron chi connectivity index (χ3n) is 5.58. The molecule has 1 heterocycles. The molecule has 1 atom stereocenters. The van der Waals surface area contributed by atoms with E-state index in [0.29, 0.717) is 62.7 Å². The maximum atomic E-state index is 12.6. The number of nitrogens with zero attached hydrogens (tertiary/aromatic N) is 2. The van der Waals surface area contributed by atoms with Crippen LogP contribution in [-0.4, -0.2) is 75.5 Å². The number of benzene rings is 1. The lowest BCUT2D eigenvalue weighted by atomic mass is 10.1.